The van der Waals surface area contributed by atoms with Crippen LogP contribution in [-0.4, -0.2) is 52.1 Å². The largest absolute Gasteiger partial charge is 0.421 e. The minimum Gasteiger partial charge on any atom is -0.337 e. The Kier molecular flexibility index (Phi) is 7.33. The van der Waals surface area contributed by atoms with Crippen LogP contribution in [0.25, 0.3) is 0 Å². The molecule has 0 saturated carbocycles. The monoisotopic (exact) mass is 494 g/mol. The Morgan fingerprint density at radius 2 is 1.74 bits per heavy atom. The van der Waals surface area contributed by atoms with Crippen molar-refractivity contribution >= 4 is 12.0 Å². The second-order valence-electron chi connectivity index (χ2n) is 7.34. The predicted molar refractivity (Wildman–Crippen MR) is 106 cm³/mol. The first kappa shape index (κ1) is 25.3. The topological polar surface area (TPSA) is 103 Å². The first-order chi connectivity index (χ1) is 15.9. The zero-order valence-electron chi connectivity index (χ0n) is 17.7. The van der Waals surface area contributed by atoms with Crippen LogP contribution >= 0.6 is 0 Å². The number of hydrogen-bond donors (Lipinski definition) is 2. The standard InChI is InChI=1S/C19H20F6N6O3/c1-2-14(11-7-13(19(23,24)25)15(32)26-8-11)34-29-17(33)31-5-3-30(4-6-31)16-27-9-12(10-28-16)18(20,21)22/h7-10,14H,2-6H2,1H3,(H,26,32)(H,29,33)/t14-/m0/s1. The van der Waals surface area contributed by atoms with Crippen molar-refractivity contribution in [2.24, 2.45) is 0 Å². The van der Waals surface area contributed by atoms with E-state index in [1.807, 2.05) is 4.98 Å². The molecule has 0 radical (unpaired) electrons. The number of alkyl halides is 6. The van der Waals surface area contributed by atoms with Crippen molar-refractivity contribution in [3.63, 3.8) is 0 Å². The maximum absolute atomic E-state index is 13.0. The number of carbonyl (C=O) groups is 1. The van der Waals surface area contributed by atoms with E-state index in [0.717, 1.165) is 6.20 Å². The fourth-order valence-electron chi connectivity index (χ4n) is 3.21. The van der Waals surface area contributed by atoms with Gasteiger partial charge in [0.25, 0.3) is 5.56 Å². The van der Waals surface area contributed by atoms with Gasteiger partial charge in [0.05, 0.1) is 5.56 Å². The number of amides is 2. The van der Waals surface area contributed by atoms with E-state index in [4.69, 9.17) is 4.84 Å². The summed E-state index contributed by atoms with van der Waals surface area (Å²) in [6.45, 7) is 2.45. The fourth-order valence-corrected chi connectivity index (χ4v) is 3.21. The van der Waals surface area contributed by atoms with Crippen LogP contribution in [0, 0.1) is 0 Å². The van der Waals surface area contributed by atoms with E-state index >= 15 is 0 Å². The number of hydrogen-bond acceptors (Lipinski definition) is 6. The zero-order valence-corrected chi connectivity index (χ0v) is 17.7. The van der Waals surface area contributed by atoms with Gasteiger partial charge in [-0.3, -0.25) is 9.63 Å². The molecule has 2 aromatic heterocycles. The molecule has 0 unspecified atom stereocenters. The van der Waals surface area contributed by atoms with E-state index in [9.17, 15) is 35.9 Å². The molecule has 2 N–H and O–H groups in total. The maximum Gasteiger partial charge on any atom is 0.421 e. The molecule has 1 atom stereocenters. The van der Waals surface area contributed by atoms with Crippen LogP contribution < -0.4 is 15.9 Å². The van der Waals surface area contributed by atoms with Crippen LogP contribution in [0.15, 0.2) is 29.5 Å². The van der Waals surface area contributed by atoms with Crippen molar-refractivity contribution in [3.8, 4) is 0 Å². The molecule has 1 aliphatic rings. The third-order valence-electron chi connectivity index (χ3n) is 5.08. The van der Waals surface area contributed by atoms with Gasteiger partial charge >= 0.3 is 18.4 Å². The Balaban J connectivity index is 1.55. The van der Waals surface area contributed by atoms with Gasteiger partial charge in [0, 0.05) is 50.3 Å². The lowest BCUT2D eigenvalue weighted by molar-refractivity contribution is -0.139. The molecule has 1 saturated heterocycles. The average Bonchev–Trinajstić information content (AvgIpc) is 2.79. The number of rotatable bonds is 5. The number of aromatic amines is 1. The molecular formula is C19H20F6N6O3. The van der Waals surface area contributed by atoms with E-state index in [1.165, 1.54) is 4.90 Å². The number of H-pyrrole nitrogens is 1. The van der Waals surface area contributed by atoms with Gasteiger partial charge in [-0.05, 0) is 12.5 Å². The summed E-state index contributed by atoms with van der Waals surface area (Å²) < 4.78 is 76.8. The van der Waals surface area contributed by atoms with Crippen molar-refractivity contribution in [1.82, 2.24) is 25.3 Å². The van der Waals surface area contributed by atoms with Crippen molar-refractivity contribution < 1.29 is 36.0 Å². The maximum atomic E-state index is 13.0. The van der Waals surface area contributed by atoms with Gasteiger partial charge in [0.1, 0.15) is 11.7 Å². The highest BCUT2D eigenvalue weighted by atomic mass is 19.4. The Labute approximate surface area is 188 Å². The van der Waals surface area contributed by atoms with Crippen molar-refractivity contribution in [3.05, 3.63) is 51.7 Å². The molecule has 3 heterocycles. The number of halogens is 6. The Hall–Kier alpha value is -3.36. The van der Waals surface area contributed by atoms with E-state index < -0.39 is 41.2 Å². The molecule has 0 aromatic carbocycles. The summed E-state index contributed by atoms with van der Waals surface area (Å²) in [5.74, 6) is 0.0916. The number of pyridine rings is 1. The summed E-state index contributed by atoms with van der Waals surface area (Å²) in [6.07, 6.45) is -7.70. The van der Waals surface area contributed by atoms with Gasteiger partial charge in [0.2, 0.25) is 5.95 Å². The number of carbonyl (C=O) groups excluding carboxylic acids is 1. The predicted octanol–water partition coefficient (Wildman–Crippen LogP) is 3.12. The summed E-state index contributed by atoms with van der Waals surface area (Å²) in [4.78, 5) is 41.5. The molecule has 0 spiro atoms. The lowest BCUT2D eigenvalue weighted by Gasteiger charge is -2.34. The average molecular weight is 494 g/mol. The van der Waals surface area contributed by atoms with Gasteiger partial charge in [-0.2, -0.15) is 26.3 Å². The molecule has 9 nitrogen and oxygen atoms in total. The van der Waals surface area contributed by atoms with Crippen molar-refractivity contribution in [1.29, 1.82) is 0 Å². The summed E-state index contributed by atoms with van der Waals surface area (Å²) in [5.41, 5.74) is -1.41. The molecule has 0 bridgehead atoms. The van der Waals surface area contributed by atoms with E-state index in [2.05, 4.69) is 15.4 Å². The lowest BCUT2D eigenvalue weighted by Crippen LogP contribution is -2.52. The molecule has 186 valence electrons. The Morgan fingerprint density at radius 1 is 1.12 bits per heavy atom. The molecule has 15 heteroatoms. The lowest BCUT2D eigenvalue weighted by atomic mass is 10.1. The third kappa shape index (κ3) is 5.95. The van der Waals surface area contributed by atoms with Crippen LogP contribution in [0.1, 0.15) is 36.1 Å². The van der Waals surface area contributed by atoms with E-state index in [1.54, 1.807) is 11.8 Å². The van der Waals surface area contributed by atoms with Gasteiger partial charge in [0.15, 0.2) is 0 Å². The summed E-state index contributed by atoms with van der Waals surface area (Å²) in [6, 6.07) is 0.0223. The van der Waals surface area contributed by atoms with Crippen LogP contribution in [0.2, 0.25) is 0 Å². The van der Waals surface area contributed by atoms with E-state index in [0.29, 0.717) is 18.5 Å². The number of nitrogens with one attached hydrogen (secondary N) is 2. The fraction of sp³-hybridized carbons (Fsp3) is 0.474. The van der Waals surface area contributed by atoms with Crippen LogP contribution in [0.3, 0.4) is 0 Å². The number of hydroxylamine groups is 1. The Morgan fingerprint density at radius 3 is 2.26 bits per heavy atom. The summed E-state index contributed by atoms with van der Waals surface area (Å²) >= 11 is 0. The summed E-state index contributed by atoms with van der Waals surface area (Å²) in [7, 11) is 0. The molecule has 2 amide bonds. The molecule has 2 aromatic rings. The highest BCUT2D eigenvalue weighted by Gasteiger charge is 2.35. The third-order valence-corrected chi connectivity index (χ3v) is 5.08. The van der Waals surface area contributed by atoms with Gasteiger partial charge in [-0.15, -0.1) is 0 Å². The van der Waals surface area contributed by atoms with Crippen LogP contribution in [0.4, 0.5) is 37.1 Å². The van der Waals surface area contributed by atoms with E-state index in [-0.39, 0.29) is 44.1 Å². The molecule has 0 aliphatic carbocycles. The first-order valence-corrected chi connectivity index (χ1v) is 10.0. The normalized spacial score (nSPS) is 15.9. The smallest absolute Gasteiger partial charge is 0.337 e. The van der Waals surface area contributed by atoms with Gasteiger partial charge in [-0.1, -0.05) is 6.92 Å². The number of nitrogens with zero attached hydrogens (tertiary/aromatic N) is 4. The minimum absolute atomic E-state index is 0.0268. The number of aromatic nitrogens is 3. The number of piperazine rings is 1. The van der Waals surface area contributed by atoms with Crippen molar-refractivity contribution in [2.75, 3.05) is 31.1 Å². The highest BCUT2D eigenvalue weighted by molar-refractivity contribution is 5.73. The summed E-state index contributed by atoms with van der Waals surface area (Å²) in [5, 5.41) is 0. The van der Waals surface area contributed by atoms with Crippen molar-refractivity contribution in [2.45, 2.75) is 31.8 Å². The van der Waals surface area contributed by atoms with Crippen LogP contribution in [0.5, 0.6) is 0 Å². The highest BCUT2D eigenvalue weighted by Crippen LogP contribution is 2.30. The minimum atomic E-state index is -4.85. The second-order valence-corrected chi connectivity index (χ2v) is 7.34. The Bertz CT molecular complexity index is 1050. The first-order valence-electron chi connectivity index (χ1n) is 10.0. The molecule has 34 heavy (non-hydrogen) atoms. The molecule has 1 fully saturated rings. The second kappa shape index (κ2) is 9.87. The SMILES string of the molecule is CC[C@H](ONC(=O)N1CCN(c2ncc(C(F)(F)F)cn2)CC1)c1c[nH]c(=O)c(C(F)(F)F)c1. The molecule has 3 rings (SSSR count). The molecular weight excluding hydrogens is 474 g/mol. The molecule has 1 aliphatic heterocycles. The zero-order chi connectivity index (χ0) is 25.1. The quantitative estimate of drug-likeness (QED) is 0.489. The number of urea groups is 1. The van der Waals surface area contributed by atoms with Crippen LogP contribution in [-0.2, 0) is 17.2 Å². The van der Waals surface area contributed by atoms with Gasteiger partial charge < -0.3 is 14.8 Å². The number of anilines is 1. The van der Waals surface area contributed by atoms with Gasteiger partial charge in [-0.25, -0.2) is 20.2 Å².